The molecule has 0 fully saturated rings. The smallest absolute Gasteiger partial charge is 0.201 e. The average molecular weight is 455 g/mol. The summed E-state index contributed by atoms with van der Waals surface area (Å²) in [6.45, 7) is 4.00. The number of para-hydroxylation sites is 2. The number of nitrogens with one attached hydrogen (secondary N) is 1. The van der Waals surface area contributed by atoms with Crippen LogP contribution in [-0.2, 0) is 11.3 Å². The third-order valence-electron chi connectivity index (χ3n) is 3.53. The van der Waals surface area contributed by atoms with E-state index in [-0.39, 0.29) is 5.75 Å². The molecule has 0 aliphatic rings. The van der Waals surface area contributed by atoms with Gasteiger partial charge in [0.2, 0.25) is 5.84 Å². The Kier molecular flexibility index (Phi) is 12.8. The SMILES string of the molecule is CC.CN(C)S(=O)[O-].Oc1ccccc1N=N/C(=N/Nc1ccccc1)c1ccccc1. The zero-order valence-electron chi connectivity index (χ0n) is 18.5. The van der Waals surface area contributed by atoms with Gasteiger partial charge in [-0.1, -0.05) is 74.5 Å². The maximum absolute atomic E-state index is 9.79. The van der Waals surface area contributed by atoms with Crippen LogP contribution in [0.4, 0.5) is 11.4 Å². The van der Waals surface area contributed by atoms with E-state index in [9.17, 15) is 13.9 Å². The Bertz CT molecular complexity index is 997. The molecule has 0 aromatic heterocycles. The van der Waals surface area contributed by atoms with E-state index in [1.165, 1.54) is 14.1 Å². The molecule has 0 aliphatic carbocycles. The van der Waals surface area contributed by atoms with Crippen molar-refractivity contribution in [2.45, 2.75) is 13.8 Å². The number of hydrogen-bond donors (Lipinski definition) is 2. The molecule has 0 heterocycles. The molecule has 1 unspecified atom stereocenters. The molecule has 1 atom stereocenters. The van der Waals surface area contributed by atoms with Crippen molar-refractivity contribution in [3.8, 4) is 5.75 Å². The van der Waals surface area contributed by atoms with Crippen molar-refractivity contribution in [1.82, 2.24) is 4.31 Å². The topological polar surface area (TPSA) is 113 Å². The molecular weight excluding hydrogens is 426 g/mol. The Labute approximate surface area is 191 Å². The van der Waals surface area contributed by atoms with Crippen molar-refractivity contribution in [2.75, 3.05) is 19.5 Å². The van der Waals surface area contributed by atoms with Gasteiger partial charge in [0, 0.05) is 16.8 Å². The fraction of sp³-hybridized carbons (Fsp3) is 0.174. The predicted octanol–water partition coefficient (Wildman–Crippen LogP) is 5.32. The van der Waals surface area contributed by atoms with Gasteiger partial charge in [0.15, 0.2) is 0 Å². The zero-order chi connectivity index (χ0) is 23.8. The summed E-state index contributed by atoms with van der Waals surface area (Å²) in [5.41, 5.74) is 5.03. The second-order valence-corrected chi connectivity index (χ2v) is 7.16. The molecule has 9 heteroatoms. The molecule has 2 N–H and O–H groups in total. The van der Waals surface area contributed by atoms with Crippen LogP contribution >= 0.6 is 0 Å². The first-order valence-electron chi connectivity index (χ1n) is 9.88. The number of amidine groups is 1. The maximum Gasteiger partial charge on any atom is 0.201 e. The van der Waals surface area contributed by atoms with Gasteiger partial charge in [-0.05, 0) is 38.4 Å². The molecule has 0 saturated heterocycles. The Hall–Kier alpha value is -3.40. The number of azo groups is 1. The highest BCUT2D eigenvalue weighted by Gasteiger charge is 2.03. The Balaban J connectivity index is 0.000000556. The van der Waals surface area contributed by atoms with Gasteiger partial charge in [-0.25, -0.2) is 4.31 Å². The van der Waals surface area contributed by atoms with E-state index in [1.54, 1.807) is 24.3 Å². The molecule has 0 saturated carbocycles. The van der Waals surface area contributed by atoms with Crippen LogP contribution in [0.5, 0.6) is 5.75 Å². The minimum atomic E-state index is -2.03. The number of anilines is 1. The predicted molar refractivity (Wildman–Crippen MR) is 130 cm³/mol. The quantitative estimate of drug-likeness (QED) is 0.179. The molecule has 3 aromatic rings. The van der Waals surface area contributed by atoms with Crippen molar-refractivity contribution in [2.24, 2.45) is 15.3 Å². The summed E-state index contributed by atoms with van der Waals surface area (Å²) < 4.78 is 20.3. The summed E-state index contributed by atoms with van der Waals surface area (Å²) >= 11 is -2.03. The van der Waals surface area contributed by atoms with Gasteiger partial charge in [0.1, 0.15) is 11.4 Å². The van der Waals surface area contributed by atoms with E-state index < -0.39 is 11.3 Å². The molecule has 8 nitrogen and oxygen atoms in total. The van der Waals surface area contributed by atoms with Gasteiger partial charge in [-0.15, -0.1) is 10.2 Å². The van der Waals surface area contributed by atoms with E-state index in [1.807, 2.05) is 74.5 Å². The van der Waals surface area contributed by atoms with Crippen molar-refractivity contribution >= 4 is 28.5 Å². The van der Waals surface area contributed by atoms with E-state index >= 15 is 0 Å². The molecule has 0 amide bonds. The van der Waals surface area contributed by atoms with Crippen LogP contribution in [0.1, 0.15) is 19.4 Å². The van der Waals surface area contributed by atoms with Crippen molar-refractivity contribution in [3.05, 3.63) is 90.5 Å². The zero-order valence-corrected chi connectivity index (χ0v) is 19.4. The number of rotatable bonds is 5. The van der Waals surface area contributed by atoms with Crippen LogP contribution in [0.15, 0.2) is 100 Å². The standard InChI is InChI=1S/C19H16N4O.C2H7NO2S.C2H6/c24-18-14-8-7-13-17(18)21-23-19(15-9-3-1-4-10-15)22-20-16-11-5-2-6-12-16;1-3(2)6(4)5;1-2/h1-14,20,24H;1-2H3,(H,4,5);1-2H3/p-1/b22-19+,23-21?;;. The van der Waals surface area contributed by atoms with Gasteiger partial charge >= 0.3 is 0 Å². The highest BCUT2D eigenvalue weighted by molar-refractivity contribution is 7.76. The minimum absolute atomic E-state index is 0.0738. The number of nitrogens with zero attached hydrogens (tertiary/aromatic N) is 4. The number of phenols is 1. The molecule has 0 spiro atoms. The van der Waals surface area contributed by atoms with Crippen molar-refractivity contribution in [1.29, 1.82) is 0 Å². The van der Waals surface area contributed by atoms with Gasteiger partial charge in [-0.3, -0.25) is 9.63 Å². The number of benzene rings is 3. The molecule has 32 heavy (non-hydrogen) atoms. The second-order valence-electron chi connectivity index (χ2n) is 6.00. The minimum Gasteiger partial charge on any atom is -0.760 e. The number of hydrogen-bond acceptors (Lipinski definition) is 6. The van der Waals surface area contributed by atoms with Crippen LogP contribution in [-0.4, -0.2) is 38.1 Å². The molecule has 3 rings (SSSR count). The number of hydrazone groups is 1. The molecular formula is C23H28N5O3S-. The summed E-state index contributed by atoms with van der Waals surface area (Å²) in [6, 6.07) is 25.9. The second kappa shape index (κ2) is 15.4. The summed E-state index contributed by atoms with van der Waals surface area (Å²) in [5, 5.41) is 22.4. The number of phenolic OH excluding ortho intramolecular Hbond substituents is 1. The van der Waals surface area contributed by atoms with E-state index in [4.69, 9.17) is 0 Å². The first kappa shape index (κ1) is 26.6. The van der Waals surface area contributed by atoms with Crippen LogP contribution in [0, 0.1) is 0 Å². The largest absolute Gasteiger partial charge is 0.760 e. The first-order chi connectivity index (χ1) is 15.5. The van der Waals surface area contributed by atoms with Gasteiger partial charge in [0.25, 0.3) is 0 Å². The van der Waals surface area contributed by atoms with Gasteiger partial charge < -0.3 is 9.66 Å². The Morgan fingerprint density at radius 3 is 1.94 bits per heavy atom. The molecule has 3 aromatic carbocycles. The summed E-state index contributed by atoms with van der Waals surface area (Å²) in [5.74, 6) is 0.493. The fourth-order valence-electron chi connectivity index (χ4n) is 2.01. The van der Waals surface area contributed by atoms with Crippen LogP contribution in [0.2, 0.25) is 0 Å². The third-order valence-corrected chi connectivity index (χ3v) is 4.13. The van der Waals surface area contributed by atoms with Gasteiger partial charge in [-0.2, -0.15) is 5.10 Å². The monoisotopic (exact) mass is 454 g/mol. The maximum atomic E-state index is 9.79. The third kappa shape index (κ3) is 10.1. The summed E-state index contributed by atoms with van der Waals surface area (Å²) in [4.78, 5) is 0. The van der Waals surface area contributed by atoms with E-state index in [0.29, 0.717) is 11.5 Å². The van der Waals surface area contributed by atoms with Crippen LogP contribution < -0.4 is 5.43 Å². The van der Waals surface area contributed by atoms with E-state index in [0.717, 1.165) is 15.6 Å². The Morgan fingerprint density at radius 1 is 0.906 bits per heavy atom. The molecule has 170 valence electrons. The molecule has 0 bridgehead atoms. The summed E-state index contributed by atoms with van der Waals surface area (Å²) in [6.07, 6.45) is 0. The number of aromatic hydroxyl groups is 1. The van der Waals surface area contributed by atoms with Crippen molar-refractivity contribution < 1.29 is 13.9 Å². The first-order valence-corrected chi connectivity index (χ1v) is 10.9. The lowest BCUT2D eigenvalue weighted by atomic mass is 10.2. The van der Waals surface area contributed by atoms with Crippen molar-refractivity contribution in [3.63, 3.8) is 0 Å². The normalized spacial score (nSPS) is 11.8. The lowest BCUT2D eigenvalue weighted by molar-refractivity contribution is 0.470. The Morgan fingerprint density at radius 2 is 1.41 bits per heavy atom. The fourth-order valence-corrected chi connectivity index (χ4v) is 2.01. The van der Waals surface area contributed by atoms with Crippen LogP contribution in [0.3, 0.4) is 0 Å². The lowest BCUT2D eigenvalue weighted by Crippen LogP contribution is -2.13. The van der Waals surface area contributed by atoms with E-state index in [2.05, 4.69) is 20.8 Å². The van der Waals surface area contributed by atoms with Gasteiger partial charge in [0.05, 0.1) is 5.69 Å². The van der Waals surface area contributed by atoms with Crippen LogP contribution in [0.25, 0.3) is 0 Å². The summed E-state index contributed by atoms with van der Waals surface area (Å²) in [7, 11) is 2.92. The highest BCUT2D eigenvalue weighted by Crippen LogP contribution is 2.25. The molecule has 0 aliphatic heterocycles. The highest BCUT2D eigenvalue weighted by atomic mass is 32.2. The average Bonchev–Trinajstić information content (AvgIpc) is 2.83. The molecule has 0 radical (unpaired) electrons. The lowest BCUT2D eigenvalue weighted by Gasteiger charge is -2.10.